The molecule has 8 heteroatoms. The number of ether oxygens (including phenoxy) is 1. The summed E-state index contributed by atoms with van der Waals surface area (Å²) in [7, 11) is 1.96. The number of thioether (sulfide) groups is 1. The average Bonchev–Trinajstić information content (AvgIpc) is 3.22. The Labute approximate surface area is 208 Å². The van der Waals surface area contributed by atoms with Crippen molar-refractivity contribution in [1.29, 1.82) is 0 Å². The molecule has 1 aromatic carbocycles. The molecule has 186 valence electrons. The molecule has 0 radical (unpaired) electrons. The van der Waals surface area contributed by atoms with Crippen LogP contribution in [0, 0.1) is 0 Å². The lowest BCUT2D eigenvalue weighted by Gasteiger charge is -2.48. The van der Waals surface area contributed by atoms with Crippen LogP contribution in [0.1, 0.15) is 58.4 Å². The van der Waals surface area contributed by atoms with Gasteiger partial charge in [0.15, 0.2) is 11.0 Å². The SMILES string of the molecule is Cn1c(SCC(=O)NCC2(N3CCOCC3)CCCCC2)nnc1-c1ccc(C(C)(C)C)cc1. The maximum Gasteiger partial charge on any atom is 0.230 e. The van der Waals surface area contributed by atoms with Gasteiger partial charge in [0, 0.05) is 37.8 Å². The number of nitrogens with one attached hydrogen (secondary N) is 1. The molecule has 1 aliphatic carbocycles. The standard InChI is InChI=1S/C26H39N5O2S/c1-25(2,3)21-10-8-20(9-11-21)23-28-29-24(30(23)4)34-18-22(32)27-19-26(12-6-5-7-13-26)31-14-16-33-17-15-31/h8-11H,5-7,12-19H2,1-4H3,(H,27,32). The van der Waals surface area contributed by atoms with Crippen molar-refractivity contribution in [2.75, 3.05) is 38.6 Å². The zero-order chi connectivity index (χ0) is 24.2. The molecule has 1 N–H and O–H groups in total. The molecule has 1 amide bonds. The Bertz CT molecular complexity index is 955. The van der Waals surface area contributed by atoms with Crippen molar-refractivity contribution >= 4 is 17.7 Å². The molecule has 2 aromatic rings. The summed E-state index contributed by atoms with van der Waals surface area (Å²) in [6.07, 6.45) is 6.08. The predicted molar refractivity (Wildman–Crippen MR) is 137 cm³/mol. The summed E-state index contributed by atoms with van der Waals surface area (Å²) in [5.74, 6) is 1.22. The molecule has 2 aliphatic rings. The van der Waals surface area contributed by atoms with Crippen molar-refractivity contribution in [1.82, 2.24) is 25.0 Å². The van der Waals surface area contributed by atoms with Crippen LogP contribution in [0.25, 0.3) is 11.4 Å². The summed E-state index contributed by atoms with van der Waals surface area (Å²) < 4.78 is 7.54. The Morgan fingerprint density at radius 3 is 2.41 bits per heavy atom. The van der Waals surface area contributed by atoms with Crippen LogP contribution in [0.3, 0.4) is 0 Å². The number of morpholine rings is 1. The first-order valence-corrected chi connectivity index (χ1v) is 13.5. The van der Waals surface area contributed by atoms with E-state index in [2.05, 4.69) is 65.5 Å². The molecule has 1 saturated carbocycles. The Kier molecular flexibility index (Phi) is 8.00. The van der Waals surface area contributed by atoms with E-state index in [0.29, 0.717) is 5.75 Å². The Morgan fingerprint density at radius 2 is 1.76 bits per heavy atom. The van der Waals surface area contributed by atoms with Crippen LogP contribution in [-0.2, 0) is 22.0 Å². The fraction of sp³-hybridized carbons (Fsp3) is 0.654. The van der Waals surface area contributed by atoms with E-state index in [4.69, 9.17) is 4.74 Å². The van der Waals surface area contributed by atoms with E-state index in [1.807, 2.05) is 11.6 Å². The number of rotatable bonds is 7. The molecule has 7 nitrogen and oxygen atoms in total. The highest BCUT2D eigenvalue weighted by Gasteiger charge is 2.38. The highest BCUT2D eigenvalue weighted by atomic mass is 32.2. The van der Waals surface area contributed by atoms with Gasteiger partial charge in [-0.1, -0.05) is 76.1 Å². The summed E-state index contributed by atoms with van der Waals surface area (Å²) in [5.41, 5.74) is 2.52. The van der Waals surface area contributed by atoms with Crippen LogP contribution in [0.2, 0.25) is 0 Å². The first kappa shape index (κ1) is 25.2. The lowest BCUT2D eigenvalue weighted by atomic mass is 9.79. The van der Waals surface area contributed by atoms with Gasteiger partial charge in [0.2, 0.25) is 5.91 Å². The van der Waals surface area contributed by atoms with E-state index in [1.54, 1.807) is 0 Å². The van der Waals surface area contributed by atoms with Gasteiger partial charge in [-0.05, 0) is 23.8 Å². The Hall–Kier alpha value is -1.90. The topological polar surface area (TPSA) is 72.3 Å². The van der Waals surface area contributed by atoms with Gasteiger partial charge >= 0.3 is 0 Å². The highest BCUT2D eigenvalue weighted by molar-refractivity contribution is 7.99. The van der Waals surface area contributed by atoms with Gasteiger partial charge in [-0.2, -0.15) is 0 Å². The van der Waals surface area contributed by atoms with Crippen LogP contribution < -0.4 is 5.32 Å². The maximum atomic E-state index is 12.8. The van der Waals surface area contributed by atoms with Crippen LogP contribution >= 0.6 is 11.8 Å². The summed E-state index contributed by atoms with van der Waals surface area (Å²) in [4.78, 5) is 15.3. The van der Waals surface area contributed by atoms with Gasteiger partial charge in [0.25, 0.3) is 0 Å². The third-order valence-corrected chi connectivity index (χ3v) is 8.28. The third kappa shape index (κ3) is 5.83. The predicted octanol–water partition coefficient (Wildman–Crippen LogP) is 4.02. The van der Waals surface area contributed by atoms with E-state index in [-0.39, 0.29) is 16.9 Å². The van der Waals surface area contributed by atoms with Crippen molar-refractivity contribution in [3.8, 4) is 11.4 Å². The van der Waals surface area contributed by atoms with Crippen molar-refractivity contribution < 1.29 is 9.53 Å². The minimum atomic E-state index is 0.0577. The van der Waals surface area contributed by atoms with Crippen molar-refractivity contribution in [2.24, 2.45) is 7.05 Å². The number of amides is 1. The molecule has 4 rings (SSSR count). The Balaban J connectivity index is 1.34. The molecule has 34 heavy (non-hydrogen) atoms. The molecular formula is C26H39N5O2S. The van der Waals surface area contributed by atoms with E-state index >= 15 is 0 Å². The Morgan fingerprint density at radius 1 is 1.09 bits per heavy atom. The zero-order valence-corrected chi connectivity index (χ0v) is 21.9. The second-order valence-corrected chi connectivity index (χ2v) is 11.6. The number of hydrogen-bond donors (Lipinski definition) is 1. The van der Waals surface area contributed by atoms with Gasteiger partial charge < -0.3 is 14.6 Å². The number of benzene rings is 1. The average molecular weight is 486 g/mol. The number of nitrogens with zero attached hydrogens (tertiary/aromatic N) is 4. The minimum Gasteiger partial charge on any atom is -0.379 e. The van der Waals surface area contributed by atoms with Crippen molar-refractivity contribution in [3.05, 3.63) is 29.8 Å². The molecule has 1 aromatic heterocycles. The molecule has 0 unspecified atom stereocenters. The first-order valence-electron chi connectivity index (χ1n) is 12.5. The monoisotopic (exact) mass is 485 g/mol. The van der Waals surface area contributed by atoms with E-state index in [9.17, 15) is 4.79 Å². The van der Waals surface area contributed by atoms with Crippen LogP contribution in [0.4, 0.5) is 0 Å². The van der Waals surface area contributed by atoms with Crippen LogP contribution in [0.15, 0.2) is 29.4 Å². The summed E-state index contributed by atoms with van der Waals surface area (Å²) in [6.45, 7) is 10.9. The minimum absolute atomic E-state index is 0.0577. The largest absolute Gasteiger partial charge is 0.379 e. The van der Waals surface area contributed by atoms with Crippen LogP contribution in [-0.4, -0.2) is 69.7 Å². The molecule has 1 saturated heterocycles. The van der Waals surface area contributed by atoms with Crippen LogP contribution in [0.5, 0.6) is 0 Å². The smallest absolute Gasteiger partial charge is 0.230 e. The van der Waals surface area contributed by atoms with Gasteiger partial charge in [-0.3, -0.25) is 9.69 Å². The second-order valence-electron chi connectivity index (χ2n) is 10.6. The molecular weight excluding hydrogens is 446 g/mol. The van der Waals surface area contributed by atoms with E-state index < -0.39 is 0 Å². The molecule has 1 aliphatic heterocycles. The van der Waals surface area contributed by atoms with Gasteiger partial charge in [-0.15, -0.1) is 10.2 Å². The lowest BCUT2D eigenvalue weighted by Crippen LogP contribution is -2.59. The molecule has 2 fully saturated rings. The fourth-order valence-corrected chi connectivity index (χ4v) is 5.85. The number of hydrogen-bond acceptors (Lipinski definition) is 6. The van der Waals surface area contributed by atoms with Gasteiger partial charge in [-0.25, -0.2) is 0 Å². The number of aromatic nitrogens is 3. The normalized spacial score (nSPS) is 19.2. The summed E-state index contributed by atoms with van der Waals surface area (Å²) in [6, 6.07) is 8.50. The number of carbonyl (C=O) groups is 1. The lowest BCUT2D eigenvalue weighted by molar-refractivity contribution is -0.119. The molecule has 0 bridgehead atoms. The van der Waals surface area contributed by atoms with Gasteiger partial charge in [0.1, 0.15) is 0 Å². The maximum absolute atomic E-state index is 12.8. The summed E-state index contributed by atoms with van der Waals surface area (Å²) >= 11 is 1.44. The molecule has 0 atom stereocenters. The fourth-order valence-electron chi connectivity index (χ4n) is 5.11. The molecule has 0 spiro atoms. The van der Waals surface area contributed by atoms with Crippen molar-refractivity contribution in [3.63, 3.8) is 0 Å². The first-order chi connectivity index (χ1) is 16.3. The highest BCUT2D eigenvalue weighted by Crippen LogP contribution is 2.34. The third-order valence-electron chi connectivity index (χ3n) is 7.26. The zero-order valence-electron chi connectivity index (χ0n) is 21.1. The van der Waals surface area contributed by atoms with E-state index in [1.165, 1.54) is 36.6 Å². The second kappa shape index (κ2) is 10.8. The van der Waals surface area contributed by atoms with Gasteiger partial charge in [0.05, 0.1) is 19.0 Å². The molecule has 2 heterocycles. The number of carbonyl (C=O) groups excluding carboxylic acids is 1. The van der Waals surface area contributed by atoms with Crippen molar-refractivity contribution in [2.45, 2.75) is 69.0 Å². The summed E-state index contributed by atoms with van der Waals surface area (Å²) in [5, 5.41) is 12.7. The van der Waals surface area contributed by atoms with E-state index in [0.717, 1.165) is 62.2 Å². The quantitative estimate of drug-likeness (QED) is 0.597.